The van der Waals surface area contributed by atoms with E-state index >= 15 is 0 Å². The average molecular weight is 497 g/mol. The Kier molecular flexibility index (Phi) is 6.69. The molecule has 5 rings (SSSR count). The normalized spacial score (nSPS) is 22.8. The van der Waals surface area contributed by atoms with Gasteiger partial charge in [-0.1, -0.05) is 54.4 Å². The largest absolute Gasteiger partial charge is 0.481 e. The number of benzene rings is 2. The van der Waals surface area contributed by atoms with E-state index in [4.69, 9.17) is 21.4 Å². The van der Waals surface area contributed by atoms with Crippen LogP contribution in [0.2, 0.25) is 5.02 Å². The highest BCUT2D eigenvalue weighted by molar-refractivity contribution is 6.31. The summed E-state index contributed by atoms with van der Waals surface area (Å²) in [4.78, 5) is 41.5. The van der Waals surface area contributed by atoms with Gasteiger partial charge in [0.1, 0.15) is 6.61 Å². The number of aliphatic carboxylic acids is 1. The van der Waals surface area contributed by atoms with E-state index in [-0.39, 0.29) is 49.4 Å². The van der Waals surface area contributed by atoms with E-state index in [2.05, 4.69) is 0 Å². The molecule has 184 valence electrons. The molecule has 2 aliphatic carbocycles. The third-order valence-corrected chi connectivity index (χ3v) is 7.56. The quantitative estimate of drug-likeness (QED) is 0.542. The number of carbonyl (C=O) groups is 3. The van der Waals surface area contributed by atoms with Crippen molar-refractivity contribution in [2.45, 2.75) is 69.7 Å². The second-order valence-corrected chi connectivity index (χ2v) is 10.1. The first-order valence-electron chi connectivity index (χ1n) is 12.3. The van der Waals surface area contributed by atoms with Gasteiger partial charge in [0.2, 0.25) is 5.91 Å². The molecule has 1 heterocycles. The van der Waals surface area contributed by atoms with Crippen molar-refractivity contribution in [2.75, 3.05) is 4.90 Å². The molecule has 35 heavy (non-hydrogen) atoms. The van der Waals surface area contributed by atoms with Gasteiger partial charge in [-0.05, 0) is 48.9 Å². The van der Waals surface area contributed by atoms with Crippen LogP contribution in [0.4, 0.5) is 10.5 Å². The minimum atomic E-state index is -0.976. The van der Waals surface area contributed by atoms with E-state index in [0.717, 1.165) is 43.2 Å². The number of anilines is 1. The summed E-state index contributed by atoms with van der Waals surface area (Å²) in [7, 11) is 0. The predicted molar refractivity (Wildman–Crippen MR) is 131 cm³/mol. The fourth-order valence-electron chi connectivity index (χ4n) is 5.70. The van der Waals surface area contributed by atoms with Crippen LogP contribution in [0.25, 0.3) is 0 Å². The molecule has 2 aromatic rings. The number of amides is 2. The highest BCUT2D eigenvalue weighted by Crippen LogP contribution is 2.53. The number of ether oxygens (including phenoxy) is 1. The summed E-state index contributed by atoms with van der Waals surface area (Å²) in [6, 6.07) is 14.9. The SMILES string of the molecule is O=C(O)CCC(=O)N(C1CC1)C1c2ccc(Cl)cc2N(C(=O)OCc2ccccc2)C2CCCC21. The summed E-state index contributed by atoms with van der Waals surface area (Å²) < 4.78 is 5.74. The van der Waals surface area contributed by atoms with E-state index in [1.807, 2.05) is 41.3 Å². The molecule has 0 radical (unpaired) electrons. The van der Waals surface area contributed by atoms with Gasteiger partial charge in [-0.15, -0.1) is 0 Å². The van der Waals surface area contributed by atoms with E-state index in [0.29, 0.717) is 10.7 Å². The Bertz CT molecular complexity index is 1120. The molecule has 3 aliphatic rings. The molecule has 2 aromatic carbocycles. The van der Waals surface area contributed by atoms with Crippen LogP contribution < -0.4 is 4.90 Å². The fraction of sp³-hybridized carbons (Fsp3) is 0.444. The lowest BCUT2D eigenvalue weighted by molar-refractivity contribution is -0.142. The zero-order chi connectivity index (χ0) is 24.5. The molecule has 0 spiro atoms. The van der Waals surface area contributed by atoms with Crippen LogP contribution in [0.5, 0.6) is 0 Å². The first-order chi connectivity index (χ1) is 16.9. The van der Waals surface area contributed by atoms with Crippen molar-refractivity contribution < 1.29 is 24.2 Å². The number of rotatable bonds is 7. The lowest BCUT2D eigenvalue weighted by Gasteiger charge is -2.47. The zero-order valence-electron chi connectivity index (χ0n) is 19.4. The van der Waals surface area contributed by atoms with Gasteiger partial charge in [0.15, 0.2) is 0 Å². The molecule has 7 nitrogen and oxygen atoms in total. The molecular formula is C27H29ClN2O5. The van der Waals surface area contributed by atoms with Gasteiger partial charge in [0, 0.05) is 29.4 Å². The van der Waals surface area contributed by atoms with Crippen molar-refractivity contribution in [2.24, 2.45) is 5.92 Å². The van der Waals surface area contributed by atoms with Crippen molar-refractivity contribution in [3.8, 4) is 0 Å². The number of hydrogen-bond donors (Lipinski definition) is 1. The summed E-state index contributed by atoms with van der Waals surface area (Å²) in [5.74, 6) is -1.05. The first-order valence-corrected chi connectivity index (χ1v) is 12.6. The van der Waals surface area contributed by atoms with Gasteiger partial charge in [-0.3, -0.25) is 14.5 Å². The summed E-state index contributed by atoms with van der Waals surface area (Å²) in [6.45, 7) is 0.175. The molecule has 1 N–H and O–H groups in total. The van der Waals surface area contributed by atoms with Crippen LogP contribution in [0.15, 0.2) is 48.5 Å². The maximum absolute atomic E-state index is 13.4. The van der Waals surface area contributed by atoms with Crippen LogP contribution in [0, 0.1) is 5.92 Å². The highest BCUT2D eigenvalue weighted by atomic mass is 35.5. The van der Waals surface area contributed by atoms with Crippen LogP contribution in [0.3, 0.4) is 0 Å². The van der Waals surface area contributed by atoms with Gasteiger partial charge in [-0.2, -0.15) is 0 Å². The summed E-state index contributed by atoms with van der Waals surface area (Å²) >= 11 is 6.39. The zero-order valence-corrected chi connectivity index (χ0v) is 20.2. The molecule has 0 aromatic heterocycles. The predicted octanol–water partition coefficient (Wildman–Crippen LogP) is 5.56. The van der Waals surface area contributed by atoms with Crippen LogP contribution in [-0.4, -0.2) is 40.1 Å². The van der Waals surface area contributed by atoms with Gasteiger partial charge >= 0.3 is 12.1 Å². The summed E-state index contributed by atoms with van der Waals surface area (Å²) in [5, 5.41) is 9.64. The Hall–Kier alpha value is -3.06. The molecule has 8 heteroatoms. The second kappa shape index (κ2) is 9.90. The number of carboxylic acids is 1. The molecule has 0 bridgehead atoms. The Labute approximate surface area is 209 Å². The molecular weight excluding hydrogens is 468 g/mol. The Balaban J connectivity index is 1.49. The molecule has 3 unspecified atom stereocenters. The van der Waals surface area contributed by atoms with Crippen LogP contribution >= 0.6 is 11.6 Å². The third-order valence-electron chi connectivity index (χ3n) is 7.32. The number of carbonyl (C=O) groups excluding carboxylic acids is 2. The number of fused-ring (bicyclic) bond motifs is 2. The maximum atomic E-state index is 13.4. The van der Waals surface area contributed by atoms with Gasteiger partial charge < -0.3 is 14.7 Å². The van der Waals surface area contributed by atoms with E-state index in [9.17, 15) is 14.4 Å². The summed E-state index contributed by atoms with van der Waals surface area (Å²) in [5.41, 5.74) is 2.47. The lowest BCUT2D eigenvalue weighted by atomic mass is 9.81. The molecule has 1 aliphatic heterocycles. The minimum Gasteiger partial charge on any atom is -0.481 e. The highest BCUT2D eigenvalue weighted by Gasteiger charge is 2.51. The smallest absolute Gasteiger partial charge is 0.414 e. The molecule has 2 fully saturated rings. The standard InChI is InChI=1S/C27H29ClN2O5/c28-18-9-12-21-23(15-18)30(27(34)35-16-17-5-2-1-3-6-17)22-8-4-7-20(22)26(21)29(19-10-11-19)24(31)13-14-25(32)33/h1-3,5-6,9,12,15,19-20,22,26H,4,7-8,10-11,13-14,16H2,(H,32,33). The monoisotopic (exact) mass is 496 g/mol. The molecule has 3 atom stereocenters. The number of halogens is 1. The first kappa shape index (κ1) is 23.7. The van der Waals surface area contributed by atoms with Crippen molar-refractivity contribution in [3.05, 3.63) is 64.7 Å². The number of nitrogens with zero attached hydrogens (tertiary/aromatic N) is 2. The molecule has 2 amide bonds. The minimum absolute atomic E-state index is 0.0223. The van der Waals surface area contributed by atoms with Gasteiger partial charge in [0.25, 0.3) is 0 Å². The van der Waals surface area contributed by atoms with Crippen molar-refractivity contribution in [1.29, 1.82) is 0 Å². The Morgan fingerprint density at radius 1 is 1.03 bits per heavy atom. The van der Waals surface area contributed by atoms with Crippen LogP contribution in [-0.2, 0) is 20.9 Å². The molecule has 2 saturated carbocycles. The van der Waals surface area contributed by atoms with Crippen molar-refractivity contribution in [1.82, 2.24) is 4.90 Å². The van der Waals surface area contributed by atoms with Crippen molar-refractivity contribution >= 4 is 35.3 Å². The van der Waals surface area contributed by atoms with Crippen molar-refractivity contribution in [3.63, 3.8) is 0 Å². The fourth-order valence-corrected chi connectivity index (χ4v) is 5.87. The topological polar surface area (TPSA) is 87.2 Å². The number of carboxylic acid groups (broad SMARTS) is 1. The van der Waals surface area contributed by atoms with Gasteiger partial charge in [0.05, 0.1) is 18.2 Å². The second-order valence-electron chi connectivity index (χ2n) is 9.65. The Morgan fingerprint density at radius 2 is 1.80 bits per heavy atom. The van der Waals surface area contributed by atoms with Gasteiger partial charge in [-0.25, -0.2) is 4.79 Å². The van der Waals surface area contributed by atoms with E-state index in [1.54, 1.807) is 17.0 Å². The summed E-state index contributed by atoms with van der Waals surface area (Å²) in [6.07, 6.45) is 3.85. The molecule has 0 saturated heterocycles. The van der Waals surface area contributed by atoms with E-state index < -0.39 is 12.1 Å². The van der Waals surface area contributed by atoms with E-state index in [1.165, 1.54) is 0 Å². The third kappa shape index (κ3) is 4.87. The van der Waals surface area contributed by atoms with Crippen LogP contribution in [0.1, 0.15) is 62.1 Å². The number of hydrogen-bond acceptors (Lipinski definition) is 4. The maximum Gasteiger partial charge on any atom is 0.414 e. The average Bonchev–Trinajstić information content (AvgIpc) is 3.57. The Morgan fingerprint density at radius 3 is 2.51 bits per heavy atom. The lowest BCUT2D eigenvalue weighted by Crippen LogP contribution is -2.53.